The fraction of sp³-hybridized carbons (Fsp3) is 0.545. The van der Waals surface area contributed by atoms with Crippen molar-refractivity contribution in [3.05, 3.63) is 27.7 Å². The topological polar surface area (TPSA) is 45.5 Å². The number of aromatic nitrogens is 1. The molecular formula is C11H16F2N2O2. The van der Waals surface area contributed by atoms with E-state index in [0.717, 1.165) is 6.07 Å². The number of hydrogen-bond acceptors (Lipinski definition) is 3. The van der Waals surface area contributed by atoms with Gasteiger partial charge in [0.15, 0.2) is 5.75 Å². The molecule has 1 N–H and O–H groups in total. The largest absolute Gasteiger partial charge is 0.503 e. The van der Waals surface area contributed by atoms with E-state index in [9.17, 15) is 18.7 Å². The normalized spacial score (nSPS) is 11.5. The van der Waals surface area contributed by atoms with Gasteiger partial charge in [0.25, 0.3) is 6.43 Å². The van der Waals surface area contributed by atoms with Crippen LogP contribution < -0.4 is 5.43 Å². The minimum absolute atomic E-state index is 0.223. The summed E-state index contributed by atoms with van der Waals surface area (Å²) in [7, 11) is 3.47. The summed E-state index contributed by atoms with van der Waals surface area (Å²) in [4.78, 5) is 13.1. The smallest absolute Gasteiger partial charge is 0.256 e. The van der Waals surface area contributed by atoms with E-state index in [-0.39, 0.29) is 12.2 Å². The van der Waals surface area contributed by atoms with Gasteiger partial charge < -0.3 is 14.6 Å². The minimum Gasteiger partial charge on any atom is -0.503 e. The van der Waals surface area contributed by atoms with Crippen molar-refractivity contribution < 1.29 is 13.9 Å². The molecule has 0 atom stereocenters. The first kappa shape index (κ1) is 13.6. The molecule has 1 heterocycles. The molecule has 0 aliphatic heterocycles. The molecule has 0 aromatic carbocycles. The van der Waals surface area contributed by atoms with Gasteiger partial charge in [0, 0.05) is 18.3 Å². The van der Waals surface area contributed by atoms with E-state index < -0.39 is 24.1 Å². The summed E-state index contributed by atoms with van der Waals surface area (Å²) in [5.41, 5.74) is 0.107. The lowest BCUT2D eigenvalue weighted by Gasteiger charge is -2.20. The Hall–Kier alpha value is -1.43. The molecule has 0 bridgehead atoms. The lowest BCUT2D eigenvalue weighted by molar-refractivity contribution is 0.123. The molecule has 0 aliphatic rings. The Morgan fingerprint density at radius 1 is 1.47 bits per heavy atom. The molecule has 1 aromatic rings. The molecule has 0 radical (unpaired) electrons. The highest BCUT2D eigenvalue weighted by Gasteiger charge is 2.16. The van der Waals surface area contributed by atoms with Gasteiger partial charge in [0.1, 0.15) is 0 Å². The molecule has 0 unspecified atom stereocenters. The first-order valence-corrected chi connectivity index (χ1v) is 5.18. The third-order valence-electron chi connectivity index (χ3n) is 2.38. The number of aromatic hydroxyl groups is 1. The zero-order chi connectivity index (χ0) is 13.2. The van der Waals surface area contributed by atoms with Gasteiger partial charge in [-0.05, 0) is 21.0 Å². The summed E-state index contributed by atoms with van der Waals surface area (Å²) in [6.45, 7) is 1.28. The van der Waals surface area contributed by atoms with Crippen LogP contribution in [0.2, 0.25) is 0 Å². The Morgan fingerprint density at radius 2 is 2.06 bits per heavy atom. The first-order chi connectivity index (χ1) is 7.82. The second-order valence-corrected chi connectivity index (χ2v) is 4.18. The SMILES string of the molecule is Cc1cc(=O)c(O)c(CN(C)C)n1CC(F)F. The predicted molar refractivity (Wildman–Crippen MR) is 60.5 cm³/mol. The number of rotatable bonds is 4. The van der Waals surface area contributed by atoms with Crippen molar-refractivity contribution in [1.29, 1.82) is 0 Å². The summed E-state index contributed by atoms with van der Waals surface area (Å²) >= 11 is 0. The van der Waals surface area contributed by atoms with E-state index in [4.69, 9.17) is 0 Å². The van der Waals surface area contributed by atoms with Crippen LogP contribution in [0.4, 0.5) is 8.78 Å². The van der Waals surface area contributed by atoms with Crippen molar-refractivity contribution in [2.45, 2.75) is 26.4 Å². The Labute approximate surface area is 98.1 Å². The van der Waals surface area contributed by atoms with Crippen LogP contribution in [0.1, 0.15) is 11.4 Å². The maximum absolute atomic E-state index is 12.5. The molecule has 6 heteroatoms. The number of aryl methyl sites for hydroxylation is 1. The number of alkyl halides is 2. The van der Waals surface area contributed by atoms with Crippen molar-refractivity contribution >= 4 is 0 Å². The van der Waals surface area contributed by atoms with Gasteiger partial charge in [-0.15, -0.1) is 0 Å². The zero-order valence-corrected chi connectivity index (χ0v) is 10.1. The first-order valence-electron chi connectivity index (χ1n) is 5.18. The fourth-order valence-electron chi connectivity index (χ4n) is 1.67. The number of halogens is 2. The van der Waals surface area contributed by atoms with Crippen molar-refractivity contribution in [3.63, 3.8) is 0 Å². The fourth-order valence-corrected chi connectivity index (χ4v) is 1.67. The van der Waals surface area contributed by atoms with Crippen LogP contribution in [0.5, 0.6) is 5.75 Å². The molecule has 0 aliphatic carbocycles. The molecule has 0 amide bonds. The highest BCUT2D eigenvalue weighted by Crippen LogP contribution is 2.17. The van der Waals surface area contributed by atoms with E-state index in [2.05, 4.69) is 0 Å². The Kier molecular flexibility index (Phi) is 4.22. The van der Waals surface area contributed by atoms with Crippen LogP contribution in [0.25, 0.3) is 0 Å². The number of nitrogens with zero attached hydrogens (tertiary/aromatic N) is 2. The summed E-state index contributed by atoms with van der Waals surface area (Å²) in [5.74, 6) is -0.454. The van der Waals surface area contributed by atoms with E-state index >= 15 is 0 Å². The van der Waals surface area contributed by atoms with Crippen LogP contribution in [-0.2, 0) is 13.1 Å². The molecule has 1 rings (SSSR count). The summed E-state index contributed by atoms with van der Waals surface area (Å²) in [6, 6.07) is 1.16. The van der Waals surface area contributed by atoms with Crippen LogP contribution in [0, 0.1) is 6.92 Å². The Balaban J connectivity index is 3.33. The van der Waals surface area contributed by atoms with Crippen LogP contribution >= 0.6 is 0 Å². The molecule has 4 nitrogen and oxygen atoms in total. The quantitative estimate of drug-likeness (QED) is 0.868. The van der Waals surface area contributed by atoms with E-state index in [0.29, 0.717) is 5.69 Å². The maximum Gasteiger partial charge on any atom is 0.256 e. The zero-order valence-electron chi connectivity index (χ0n) is 10.1. The summed E-state index contributed by atoms with van der Waals surface area (Å²) < 4.78 is 26.2. The van der Waals surface area contributed by atoms with Crippen molar-refractivity contribution in [1.82, 2.24) is 9.47 Å². The lowest BCUT2D eigenvalue weighted by Crippen LogP contribution is -2.23. The lowest BCUT2D eigenvalue weighted by atomic mass is 10.2. The second-order valence-electron chi connectivity index (χ2n) is 4.18. The Bertz CT molecular complexity index is 456. The van der Waals surface area contributed by atoms with Gasteiger partial charge in [-0.2, -0.15) is 0 Å². The summed E-state index contributed by atoms with van der Waals surface area (Å²) in [6.07, 6.45) is -2.53. The average Bonchev–Trinajstić information content (AvgIpc) is 2.19. The van der Waals surface area contributed by atoms with Gasteiger partial charge in [-0.25, -0.2) is 8.78 Å². The van der Waals surface area contributed by atoms with E-state index in [1.807, 2.05) is 0 Å². The molecule has 0 spiro atoms. The van der Waals surface area contributed by atoms with Gasteiger partial charge in [0.2, 0.25) is 5.43 Å². The molecular weight excluding hydrogens is 230 g/mol. The van der Waals surface area contributed by atoms with Gasteiger partial charge in [-0.3, -0.25) is 4.79 Å². The highest BCUT2D eigenvalue weighted by atomic mass is 19.3. The van der Waals surface area contributed by atoms with E-state index in [1.54, 1.807) is 25.9 Å². The van der Waals surface area contributed by atoms with Crippen molar-refractivity contribution in [2.75, 3.05) is 14.1 Å². The second kappa shape index (κ2) is 5.27. The number of hydrogen-bond donors (Lipinski definition) is 1. The monoisotopic (exact) mass is 246 g/mol. The molecule has 17 heavy (non-hydrogen) atoms. The van der Waals surface area contributed by atoms with Crippen LogP contribution in [0.15, 0.2) is 10.9 Å². The molecule has 0 saturated heterocycles. The standard InChI is InChI=1S/C11H16F2N2O2/c1-7-4-9(16)11(17)8(5-14(2)3)15(7)6-10(12)13/h4,10,17H,5-6H2,1-3H3. The number of pyridine rings is 1. The minimum atomic E-state index is -2.53. The Morgan fingerprint density at radius 3 is 2.53 bits per heavy atom. The van der Waals surface area contributed by atoms with Gasteiger partial charge in [0.05, 0.1) is 12.2 Å². The van der Waals surface area contributed by atoms with Crippen LogP contribution in [0.3, 0.4) is 0 Å². The van der Waals surface area contributed by atoms with Crippen molar-refractivity contribution in [2.24, 2.45) is 0 Å². The van der Waals surface area contributed by atoms with E-state index in [1.165, 1.54) is 4.57 Å². The molecule has 96 valence electrons. The highest BCUT2D eigenvalue weighted by molar-refractivity contribution is 5.29. The summed E-state index contributed by atoms with van der Waals surface area (Å²) in [5, 5.41) is 9.66. The molecule has 0 fully saturated rings. The van der Waals surface area contributed by atoms with Crippen molar-refractivity contribution in [3.8, 4) is 5.75 Å². The third kappa shape index (κ3) is 3.26. The van der Waals surface area contributed by atoms with Gasteiger partial charge in [-0.1, -0.05) is 0 Å². The van der Waals surface area contributed by atoms with Gasteiger partial charge >= 0.3 is 0 Å². The maximum atomic E-state index is 12.5. The van der Waals surface area contributed by atoms with Crippen LogP contribution in [-0.4, -0.2) is 35.1 Å². The molecule has 1 aromatic heterocycles. The third-order valence-corrected chi connectivity index (χ3v) is 2.38. The predicted octanol–water partition coefficient (Wildman–Crippen LogP) is 1.19. The molecule has 0 saturated carbocycles. The average molecular weight is 246 g/mol.